The highest BCUT2D eigenvalue weighted by atomic mass is 35.5. The van der Waals surface area contributed by atoms with Gasteiger partial charge in [0, 0.05) is 24.5 Å². The van der Waals surface area contributed by atoms with E-state index in [1.54, 1.807) is 30.7 Å². The summed E-state index contributed by atoms with van der Waals surface area (Å²) in [5, 5.41) is 4.24. The third-order valence-corrected chi connectivity index (χ3v) is 3.82. The zero-order chi connectivity index (χ0) is 16.3. The molecule has 0 aliphatic heterocycles. The summed E-state index contributed by atoms with van der Waals surface area (Å²) in [7, 11) is 2.80. The number of anilines is 1. The van der Waals surface area contributed by atoms with Gasteiger partial charge in [0.25, 0.3) is 0 Å². The van der Waals surface area contributed by atoms with Crippen molar-refractivity contribution >= 4 is 34.5 Å². The van der Waals surface area contributed by atoms with Crippen LogP contribution in [0.15, 0.2) is 30.7 Å². The van der Waals surface area contributed by atoms with Crippen LogP contribution in [0.2, 0.25) is 5.15 Å². The molecule has 0 aliphatic rings. The number of hydrogen-bond donors (Lipinski definition) is 0. The minimum atomic E-state index is -2.46. The standard InChI is InChI=1S/C12H14ClN5O3S/c1-16(22(20)21)8-11(19)17(2)10-7-18(15-12(10)13)9-4-3-5-14-6-9/h3-7H,8H2,1-2H3,(H,20,21)/p-1. The van der Waals surface area contributed by atoms with Crippen LogP contribution in [0.3, 0.4) is 0 Å². The number of carbonyl (C=O) groups excluding carboxylic acids is 1. The number of nitrogens with zero attached hydrogens (tertiary/aromatic N) is 5. The van der Waals surface area contributed by atoms with E-state index >= 15 is 0 Å². The lowest BCUT2D eigenvalue weighted by Crippen LogP contribution is -2.37. The first-order chi connectivity index (χ1) is 10.4. The average Bonchev–Trinajstić information content (AvgIpc) is 2.89. The Morgan fingerprint density at radius 2 is 2.23 bits per heavy atom. The molecule has 10 heteroatoms. The number of likely N-dealkylation sites (N-methyl/N-ethyl adjacent to an activating group) is 2. The molecule has 2 rings (SSSR count). The molecule has 22 heavy (non-hydrogen) atoms. The van der Waals surface area contributed by atoms with Crippen molar-refractivity contribution in [2.75, 3.05) is 25.5 Å². The maximum Gasteiger partial charge on any atom is 0.242 e. The Bertz CT molecular complexity index is 693. The maximum absolute atomic E-state index is 12.1. The third-order valence-electron chi connectivity index (χ3n) is 2.91. The van der Waals surface area contributed by atoms with Gasteiger partial charge >= 0.3 is 0 Å². The quantitative estimate of drug-likeness (QED) is 0.742. The normalized spacial score (nSPS) is 12.4. The highest BCUT2D eigenvalue weighted by molar-refractivity contribution is 7.76. The topological polar surface area (TPSA) is 94.4 Å². The molecule has 0 radical (unpaired) electrons. The number of halogens is 1. The van der Waals surface area contributed by atoms with E-state index in [0.717, 1.165) is 4.31 Å². The number of aromatic nitrogens is 3. The Kier molecular flexibility index (Phi) is 5.24. The summed E-state index contributed by atoms with van der Waals surface area (Å²) in [4.78, 5) is 17.3. The van der Waals surface area contributed by atoms with Gasteiger partial charge in [0.1, 0.15) is 5.69 Å². The maximum atomic E-state index is 12.1. The van der Waals surface area contributed by atoms with Crippen molar-refractivity contribution in [2.24, 2.45) is 0 Å². The van der Waals surface area contributed by atoms with Crippen LogP contribution in [0, 0.1) is 0 Å². The van der Waals surface area contributed by atoms with Crippen molar-refractivity contribution in [3.05, 3.63) is 35.9 Å². The molecular formula is C12H13ClN5O3S-. The highest BCUT2D eigenvalue weighted by Crippen LogP contribution is 2.25. The van der Waals surface area contributed by atoms with E-state index in [4.69, 9.17) is 11.6 Å². The Morgan fingerprint density at radius 3 is 2.82 bits per heavy atom. The van der Waals surface area contributed by atoms with Crippen LogP contribution < -0.4 is 4.90 Å². The van der Waals surface area contributed by atoms with Crippen LogP contribution in [0.4, 0.5) is 5.69 Å². The van der Waals surface area contributed by atoms with Gasteiger partial charge in [-0.15, -0.1) is 0 Å². The molecule has 0 aromatic carbocycles. The SMILES string of the molecule is CN(C(=O)CN(C)S(=O)[O-])c1cn(-c2cccnc2)nc1Cl. The van der Waals surface area contributed by atoms with E-state index < -0.39 is 17.2 Å². The molecule has 1 atom stereocenters. The van der Waals surface area contributed by atoms with Crippen LogP contribution in [0.5, 0.6) is 0 Å². The van der Waals surface area contributed by atoms with Crippen LogP contribution in [-0.2, 0) is 16.1 Å². The predicted molar refractivity (Wildman–Crippen MR) is 81.3 cm³/mol. The van der Waals surface area contributed by atoms with Gasteiger partial charge in [-0.3, -0.25) is 14.0 Å². The van der Waals surface area contributed by atoms with E-state index in [1.807, 2.05) is 0 Å². The molecule has 2 heterocycles. The van der Waals surface area contributed by atoms with Crippen molar-refractivity contribution in [1.29, 1.82) is 0 Å². The fourth-order valence-electron chi connectivity index (χ4n) is 1.67. The lowest BCUT2D eigenvalue weighted by molar-refractivity contribution is -0.118. The largest absolute Gasteiger partial charge is 0.760 e. The summed E-state index contributed by atoms with van der Waals surface area (Å²) in [5.41, 5.74) is 1.06. The summed E-state index contributed by atoms with van der Waals surface area (Å²) >= 11 is 3.59. The molecule has 0 saturated carbocycles. The molecule has 8 nitrogen and oxygen atoms in total. The first kappa shape index (κ1) is 16.6. The van der Waals surface area contributed by atoms with E-state index in [0.29, 0.717) is 11.4 Å². The van der Waals surface area contributed by atoms with Gasteiger partial charge in [-0.25, -0.2) is 8.99 Å². The molecule has 0 spiro atoms. The van der Waals surface area contributed by atoms with Gasteiger partial charge in [-0.1, -0.05) is 11.6 Å². The average molecular weight is 343 g/mol. The van der Waals surface area contributed by atoms with E-state index in [-0.39, 0.29) is 11.7 Å². The second-order valence-electron chi connectivity index (χ2n) is 4.42. The first-order valence-electron chi connectivity index (χ1n) is 6.12. The zero-order valence-corrected chi connectivity index (χ0v) is 13.4. The van der Waals surface area contributed by atoms with Crippen LogP contribution in [-0.4, -0.2) is 54.4 Å². The fourth-order valence-corrected chi connectivity index (χ4v) is 2.15. The van der Waals surface area contributed by atoms with Crippen LogP contribution >= 0.6 is 11.6 Å². The molecule has 0 bridgehead atoms. The Labute approximate surface area is 134 Å². The molecule has 1 amide bonds. The van der Waals surface area contributed by atoms with Crippen molar-refractivity contribution in [3.63, 3.8) is 0 Å². The molecule has 118 valence electrons. The molecular weight excluding hydrogens is 330 g/mol. The van der Waals surface area contributed by atoms with E-state index in [2.05, 4.69) is 10.1 Å². The molecule has 0 fully saturated rings. The summed E-state index contributed by atoms with van der Waals surface area (Å²) in [6, 6.07) is 3.54. The van der Waals surface area contributed by atoms with Gasteiger partial charge in [0.05, 0.1) is 24.6 Å². The minimum Gasteiger partial charge on any atom is -0.760 e. The lowest BCUT2D eigenvalue weighted by Gasteiger charge is -2.22. The molecule has 2 aromatic heterocycles. The number of amides is 1. The Balaban J connectivity index is 2.20. The zero-order valence-electron chi connectivity index (χ0n) is 11.8. The molecule has 0 aliphatic carbocycles. The summed E-state index contributed by atoms with van der Waals surface area (Å²) in [6.07, 6.45) is 4.80. The first-order valence-corrected chi connectivity index (χ1v) is 7.53. The highest BCUT2D eigenvalue weighted by Gasteiger charge is 2.19. The Hall–Kier alpha value is -1.81. The van der Waals surface area contributed by atoms with Crippen molar-refractivity contribution in [1.82, 2.24) is 19.1 Å². The predicted octanol–water partition coefficient (Wildman–Crippen LogP) is 0.609. The molecule has 2 aromatic rings. The van der Waals surface area contributed by atoms with Gasteiger partial charge in [-0.2, -0.15) is 5.10 Å². The molecule has 0 N–H and O–H groups in total. The van der Waals surface area contributed by atoms with E-state index in [9.17, 15) is 13.6 Å². The monoisotopic (exact) mass is 342 g/mol. The fraction of sp³-hybridized carbons (Fsp3) is 0.250. The molecule has 1 unspecified atom stereocenters. The number of carbonyl (C=O) groups is 1. The summed E-state index contributed by atoms with van der Waals surface area (Å²) in [6.45, 7) is -0.291. The van der Waals surface area contributed by atoms with E-state index in [1.165, 1.54) is 23.7 Å². The van der Waals surface area contributed by atoms with Crippen molar-refractivity contribution < 1.29 is 13.6 Å². The van der Waals surface area contributed by atoms with Gasteiger partial charge < -0.3 is 9.45 Å². The summed E-state index contributed by atoms with van der Waals surface area (Å²) < 4.78 is 23.9. The number of hydrogen-bond acceptors (Lipinski definition) is 5. The van der Waals surface area contributed by atoms with Crippen LogP contribution in [0.25, 0.3) is 5.69 Å². The Morgan fingerprint density at radius 1 is 1.50 bits per heavy atom. The van der Waals surface area contributed by atoms with Crippen molar-refractivity contribution in [3.8, 4) is 5.69 Å². The minimum absolute atomic E-state index is 0.130. The lowest BCUT2D eigenvalue weighted by atomic mass is 10.4. The van der Waals surface area contributed by atoms with Crippen molar-refractivity contribution in [2.45, 2.75) is 0 Å². The number of rotatable bonds is 5. The smallest absolute Gasteiger partial charge is 0.242 e. The third kappa shape index (κ3) is 3.69. The van der Waals surface area contributed by atoms with Crippen LogP contribution in [0.1, 0.15) is 0 Å². The van der Waals surface area contributed by atoms with Gasteiger partial charge in [0.2, 0.25) is 5.91 Å². The van der Waals surface area contributed by atoms with Gasteiger partial charge in [-0.05, 0) is 19.2 Å². The summed E-state index contributed by atoms with van der Waals surface area (Å²) in [5.74, 6) is -0.431. The van der Waals surface area contributed by atoms with Gasteiger partial charge in [0.15, 0.2) is 5.15 Å². The second kappa shape index (κ2) is 6.97. The number of pyridine rings is 1. The molecule has 0 saturated heterocycles. The second-order valence-corrected chi connectivity index (χ2v) is 5.83.